The molecule has 1 aromatic carbocycles. The van der Waals surface area contributed by atoms with Crippen LogP contribution in [0.3, 0.4) is 0 Å². The topological polar surface area (TPSA) is 27.7 Å². The van der Waals surface area contributed by atoms with Gasteiger partial charge in [-0.2, -0.15) is 0 Å². The molecule has 1 aliphatic heterocycles. The zero-order chi connectivity index (χ0) is 19.2. The predicted octanol–water partition coefficient (Wildman–Crippen LogP) is 4.76. The van der Waals surface area contributed by atoms with Crippen molar-refractivity contribution in [2.24, 2.45) is 5.92 Å². The Labute approximate surface area is 170 Å². The van der Waals surface area contributed by atoms with Crippen molar-refractivity contribution < 1.29 is 4.74 Å². The zero-order valence-corrected chi connectivity index (χ0v) is 17.9. The van der Waals surface area contributed by atoms with E-state index in [1.165, 1.54) is 38.5 Å². The summed E-state index contributed by atoms with van der Waals surface area (Å²) in [5.41, 5.74) is 1.03. The van der Waals surface area contributed by atoms with Crippen molar-refractivity contribution in [1.29, 1.82) is 0 Å². The lowest BCUT2D eigenvalue weighted by atomic mass is 9.84. The Morgan fingerprint density at radius 1 is 1.15 bits per heavy atom. The van der Waals surface area contributed by atoms with Crippen LogP contribution in [0.15, 0.2) is 24.3 Å². The number of piperidine rings is 1. The van der Waals surface area contributed by atoms with Gasteiger partial charge in [-0.05, 0) is 82.1 Å². The fourth-order valence-corrected chi connectivity index (χ4v) is 4.95. The number of rotatable bonds is 5. The molecule has 0 radical (unpaired) electrons. The SMILES string of the molecule is CCOc1ccc(NC(=S)N2CCC(N(C)[C@H]3CCCC[C@H]3C)CC2)cc1. The number of nitrogens with zero attached hydrogens (tertiary/aromatic N) is 2. The van der Waals surface area contributed by atoms with Crippen LogP contribution in [0.2, 0.25) is 0 Å². The molecule has 1 N–H and O–H groups in total. The Morgan fingerprint density at radius 2 is 1.81 bits per heavy atom. The molecule has 0 spiro atoms. The number of anilines is 1. The first kappa shape index (κ1) is 20.4. The van der Waals surface area contributed by atoms with Crippen molar-refractivity contribution in [3.05, 3.63) is 24.3 Å². The Balaban J connectivity index is 1.47. The van der Waals surface area contributed by atoms with E-state index >= 15 is 0 Å². The molecule has 3 rings (SSSR count). The van der Waals surface area contributed by atoms with Gasteiger partial charge in [0.15, 0.2) is 5.11 Å². The quantitative estimate of drug-likeness (QED) is 0.733. The normalized spacial score (nSPS) is 24.1. The molecule has 1 saturated heterocycles. The Bertz CT molecular complexity index is 598. The van der Waals surface area contributed by atoms with Crippen molar-refractivity contribution >= 4 is 23.0 Å². The van der Waals surface area contributed by atoms with E-state index in [0.717, 1.165) is 41.6 Å². The minimum Gasteiger partial charge on any atom is -0.494 e. The van der Waals surface area contributed by atoms with Crippen LogP contribution in [0, 0.1) is 5.92 Å². The molecule has 2 fully saturated rings. The highest BCUT2D eigenvalue weighted by molar-refractivity contribution is 7.80. The second-order valence-corrected chi connectivity index (χ2v) is 8.49. The summed E-state index contributed by atoms with van der Waals surface area (Å²) in [7, 11) is 2.35. The van der Waals surface area contributed by atoms with E-state index in [1.807, 2.05) is 31.2 Å². The average Bonchev–Trinajstić information content (AvgIpc) is 2.70. The summed E-state index contributed by atoms with van der Waals surface area (Å²) in [5, 5.41) is 4.22. The lowest BCUT2D eigenvalue weighted by Crippen LogP contribution is -2.51. The van der Waals surface area contributed by atoms with Crippen LogP contribution >= 0.6 is 12.2 Å². The van der Waals surface area contributed by atoms with Crippen LogP contribution in [-0.2, 0) is 0 Å². The highest BCUT2D eigenvalue weighted by Crippen LogP contribution is 2.30. The van der Waals surface area contributed by atoms with Gasteiger partial charge in [0.2, 0.25) is 0 Å². The van der Waals surface area contributed by atoms with Crippen molar-refractivity contribution in [2.45, 2.75) is 64.5 Å². The fourth-order valence-electron chi connectivity index (χ4n) is 4.65. The Hall–Kier alpha value is -1.33. The van der Waals surface area contributed by atoms with Crippen LogP contribution < -0.4 is 10.1 Å². The van der Waals surface area contributed by atoms with Gasteiger partial charge < -0.3 is 19.9 Å². The maximum absolute atomic E-state index is 5.66. The molecular formula is C22H35N3OS. The first-order valence-electron chi connectivity index (χ1n) is 10.6. The number of likely N-dealkylation sites (tertiary alicyclic amines) is 1. The second kappa shape index (κ2) is 9.74. The number of thiocarbonyl (C=S) groups is 1. The van der Waals surface area contributed by atoms with Gasteiger partial charge in [0.05, 0.1) is 6.61 Å². The second-order valence-electron chi connectivity index (χ2n) is 8.10. The lowest BCUT2D eigenvalue weighted by Gasteiger charge is -2.44. The zero-order valence-electron chi connectivity index (χ0n) is 17.1. The minimum atomic E-state index is 0.689. The minimum absolute atomic E-state index is 0.689. The lowest BCUT2D eigenvalue weighted by molar-refractivity contribution is 0.0691. The molecule has 5 heteroatoms. The van der Waals surface area contributed by atoms with E-state index in [1.54, 1.807) is 0 Å². The highest BCUT2D eigenvalue weighted by Gasteiger charge is 2.31. The van der Waals surface area contributed by atoms with Crippen molar-refractivity contribution in [1.82, 2.24) is 9.80 Å². The molecule has 1 saturated carbocycles. The number of ether oxygens (including phenoxy) is 1. The van der Waals surface area contributed by atoms with Crippen molar-refractivity contribution in [3.63, 3.8) is 0 Å². The van der Waals surface area contributed by atoms with Crippen LogP contribution in [0.4, 0.5) is 5.69 Å². The van der Waals surface area contributed by atoms with Crippen molar-refractivity contribution in [2.75, 3.05) is 32.1 Å². The highest BCUT2D eigenvalue weighted by atomic mass is 32.1. The van der Waals surface area contributed by atoms with Gasteiger partial charge >= 0.3 is 0 Å². The molecule has 150 valence electrons. The third kappa shape index (κ3) is 5.35. The Morgan fingerprint density at radius 3 is 2.44 bits per heavy atom. The molecule has 2 aliphatic rings. The van der Waals surface area contributed by atoms with E-state index in [2.05, 4.69) is 29.1 Å². The molecule has 1 aromatic rings. The number of benzene rings is 1. The molecule has 0 bridgehead atoms. The molecule has 0 aromatic heterocycles. The van der Waals surface area contributed by atoms with Crippen LogP contribution in [-0.4, -0.2) is 53.7 Å². The summed E-state index contributed by atoms with van der Waals surface area (Å²) in [5.74, 6) is 1.74. The van der Waals surface area contributed by atoms with Gasteiger partial charge in [0.25, 0.3) is 0 Å². The molecule has 0 amide bonds. The van der Waals surface area contributed by atoms with Gasteiger partial charge in [-0.25, -0.2) is 0 Å². The average molecular weight is 390 g/mol. The third-order valence-electron chi connectivity index (χ3n) is 6.33. The molecule has 4 nitrogen and oxygen atoms in total. The van der Waals surface area contributed by atoms with Gasteiger partial charge in [-0.15, -0.1) is 0 Å². The maximum atomic E-state index is 5.66. The first-order valence-corrected chi connectivity index (χ1v) is 11.0. The summed E-state index contributed by atoms with van der Waals surface area (Å²) in [6, 6.07) is 9.50. The number of hydrogen-bond donors (Lipinski definition) is 1. The van der Waals surface area contributed by atoms with Crippen LogP contribution in [0.25, 0.3) is 0 Å². The largest absolute Gasteiger partial charge is 0.494 e. The predicted molar refractivity (Wildman–Crippen MR) is 118 cm³/mol. The Kier molecular flexibility index (Phi) is 7.36. The van der Waals surface area contributed by atoms with Gasteiger partial charge in [-0.3, -0.25) is 0 Å². The van der Waals surface area contributed by atoms with Crippen LogP contribution in [0.5, 0.6) is 5.75 Å². The van der Waals surface area contributed by atoms with Gasteiger partial charge in [0, 0.05) is 30.9 Å². The van der Waals surface area contributed by atoms with E-state index in [9.17, 15) is 0 Å². The standard InChI is InChI=1S/C22H35N3OS/c1-4-26-20-11-9-18(10-12-20)23-22(27)25-15-13-19(14-16-25)24(3)21-8-6-5-7-17(21)2/h9-12,17,19,21H,4-8,13-16H2,1-3H3,(H,23,27)/t17-,21+/m1/s1. The van der Waals surface area contributed by atoms with E-state index < -0.39 is 0 Å². The summed E-state index contributed by atoms with van der Waals surface area (Å²) in [6.07, 6.45) is 7.97. The molecule has 1 aliphatic carbocycles. The maximum Gasteiger partial charge on any atom is 0.173 e. The molecule has 1 heterocycles. The number of nitrogens with one attached hydrogen (secondary N) is 1. The summed E-state index contributed by atoms with van der Waals surface area (Å²) >= 11 is 5.66. The molecule has 0 unspecified atom stereocenters. The number of hydrogen-bond acceptors (Lipinski definition) is 3. The molecule has 27 heavy (non-hydrogen) atoms. The van der Waals surface area contributed by atoms with Crippen LogP contribution in [0.1, 0.15) is 52.4 Å². The van der Waals surface area contributed by atoms with E-state index in [-0.39, 0.29) is 0 Å². The monoisotopic (exact) mass is 389 g/mol. The smallest absolute Gasteiger partial charge is 0.173 e. The van der Waals surface area contributed by atoms with Gasteiger partial charge in [-0.1, -0.05) is 19.8 Å². The molecular weight excluding hydrogens is 354 g/mol. The van der Waals surface area contributed by atoms with Crippen molar-refractivity contribution in [3.8, 4) is 5.75 Å². The van der Waals surface area contributed by atoms with E-state index in [0.29, 0.717) is 12.6 Å². The molecule has 2 atom stereocenters. The summed E-state index contributed by atoms with van der Waals surface area (Å²) < 4.78 is 5.50. The fraction of sp³-hybridized carbons (Fsp3) is 0.682. The third-order valence-corrected chi connectivity index (χ3v) is 6.69. The summed E-state index contributed by atoms with van der Waals surface area (Å²) in [4.78, 5) is 5.00. The summed E-state index contributed by atoms with van der Waals surface area (Å²) in [6.45, 7) is 7.20. The first-order chi connectivity index (χ1) is 13.1. The van der Waals surface area contributed by atoms with Gasteiger partial charge in [0.1, 0.15) is 5.75 Å². The van der Waals surface area contributed by atoms with E-state index in [4.69, 9.17) is 17.0 Å².